The molecule has 3 aliphatic rings. The van der Waals surface area contributed by atoms with Gasteiger partial charge in [-0.1, -0.05) is 24.3 Å². The molecule has 29 heavy (non-hydrogen) atoms. The number of hydrogen-bond donors (Lipinski definition) is 0. The van der Waals surface area contributed by atoms with Crippen LogP contribution in [-0.2, 0) is 4.74 Å². The van der Waals surface area contributed by atoms with E-state index in [2.05, 4.69) is 58.3 Å². The fourth-order valence-electron chi connectivity index (χ4n) is 4.21. The van der Waals surface area contributed by atoms with Crippen LogP contribution in [0.15, 0.2) is 45.6 Å². The second-order valence-corrected chi connectivity index (χ2v) is 8.17. The van der Waals surface area contributed by atoms with Crippen LogP contribution in [0.2, 0.25) is 0 Å². The van der Waals surface area contributed by atoms with Gasteiger partial charge in [0.25, 0.3) is 5.89 Å². The minimum absolute atomic E-state index is 0.0586. The minimum Gasteiger partial charge on any atom is -0.419 e. The van der Waals surface area contributed by atoms with E-state index < -0.39 is 0 Å². The zero-order valence-electron chi connectivity index (χ0n) is 17.6. The van der Waals surface area contributed by atoms with Gasteiger partial charge in [-0.25, -0.2) is 0 Å². The lowest BCUT2D eigenvalue weighted by molar-refractivity contribution is 0.153. The Bertz CT molecular complexity index is 815. The first-order valence-electron chi connectivity index (χ1n) is 10.6. The van der Waals surface area contributed by atoms with Gasteiger partial charge in [0.05, 0.1) is 11.6 Å². The third kappa shape index (κ3) is 4.36. The van der Waals surface area contributed by atoms with Gasteiger partial charge in [-0.3, -0.25) is 5.01 Å². The van der Waals surface area contributed by atoms with E-state index in [1.165, 1.54) is 0 Å². The van der Waals surface area contributed by atoms with Crippen molar-refractivity contribution >= 4 is 5.71 Å². The minimum atomic E-state index is 0.0586. The van der Waals surface area contributed by atoms with Crippen molar-refractivity contribution in [3.05, 3.63) is 47.9 Å². The molecule has 1 fully saturated rings. The lowest BCUT2D eigenvalue weighted by Crippen LogP contribution is -2.34. The summed E-state index contributed by atoms with van der Waals surface area (Å²) >= 11 is 0. The molecule has 1 atom stereocenters. The van der Waals surface area contributed by atoms with Crippen LogP contribution >= 0.6 is 0 Å². The second-order valence-electron chi connectivity index (χ2n) is 8.17. The van der Waals surface area contributed by atoms with Crippen LogP contribution in [-0.4, -0.2) is 65.2 Å². The van der Waals surface area contributed by atoms with Crippen LogP contribution in [0.25, 0.3) is 0 Å². The summed E-state index contributed by atoms with van der Waals surface area (Å²) < 4.78 is 11.3. The molecule has 1 saturated heterocycles. The van der Waals surface area contributed by atoms with E-state index in [1.807, 2.05) is 6.08 Å². The number of piperidine rings is 1. The fraction of sp³-hybridized carbons (Fsp3) is 0.591. The Labute approximate surface area is 172 Å². The molecule has 1 unspecified atom stereocenters. The van der Waals surface area contributed by atoms with E-state index in [0.29, 0.717) is 11.8 Å². The normalized spacial score (nSPS) is 22.8. The Morgan fingerprint density at radius 3 is 2.76 bits per heavy atom. The molecule has 7 heteroatoms. The summed E-state index contributed by atoms with van der Waals surface area (Å²) in [7, 11) is 1.76. The highest BCUT2D eigenvalue weighted by Gasteiger charge is 2.36. The number of allylic oxidation sites excluding steroid dienone is 5. The quantitative estimate of drug-likeness (QED) is 0.658. The van der Waals surface area contributed by atoms with Crippen molar-refractivity contribution in [2.45, 2.75) is 45.1 Å². The van der Waals surface area contributed by atoms with Crippen LogP contribution in [0.3, 0.4) is 0 Å². The van der Waals surface area contributed by atoms with E-state index in [1.54, 1.807) is 7.11 Å². The average molecular weight is 398 g/mol. The van der Waals surface area contributed by atoms with Gasteiger partial charge < -0.3 is 14.1 Å². The number of rotatable bonds is 7. The second kappa shape index (κ2) is 9.05. The Morgan fingerprint density at radius 1 is 1.17 bits per heavy atom. The molecule has 2 aliphatic heterocycles. The van der Waals surface area contributed by atoms with Gasteiger partial charge in [-0.2, -0.15) is 5.10 Å². The highest BCUT2D eigenvalue weighted by molar-refractivity contribution is 6.02. The average Bonchev–Trinajstić information content (AvgIpc) is 3.27. The third-order valence-electron chi connectivity index (χ3n) is 5.79. The summed E-state index contributed by atoms with van der Waals surface area (Å²) in [6, 6.07) is 0.269. The van der Waals surface area contributed by atoms with Crippen LogP contribution in [0.1, 0.15) is 50.8 Å². The lowest BCUT2D eigenvalue weighted by atomic mass is 9.96. The zero-order valence-corrected chi connectivity index (χ0v) is 17.6. The summed E-state index contributed by atoms with van der Waals surface area (Å²) in [5.74, 6) is 1.69. The number of hydrogen-bond acceptors (Lipinski definition) is 7. The largest absolute Gasteiger partial charge is 0.419 e. The zero-order chi connectivity index (χ0) is 20.2. The Balaban J connectivity index is 1.45. The highest BCUT2D eigenvalue weighted by atomic mass is 16.5. The Morgan fingerprint density at radius 2 is 2.00 bits per heavy atom. The molecular weight excluding hydrogens is 366 g/mol. The first-order valence-corrected chi connectivity index (χ1v) is 10.6. The van der Waals surface area contributed by atoms with Gasteiger partial charge in [0.1, 0.15) is 5.71 Å². The van der Waals surface area contributed by atoms with Crippen LogP contribution < -0.4 is 0 Å². The van der Waals surface area contributed by atoms with E-state index in [4.69, 9.17) is 14.3 Å². The van der Waals surface area contributed by atoms with Gasteiger partial charge in [-0.15, -0.1) is 10.2 Å². The van der Waals surface area contributed by atoms with Crippen molar-refractivity contribution in [3.63, 3.8) is 0 Å². The van der Waals surface area contributed by atoms with E-state index in [9.17, 15) is 0 Å². The molecule has 156 valence electrons. The highest BCUT2D eigenvalue weighted by Crippen LogP contribution is 2.34. The van der Waals surface area contributed by atoms with Gasteiger partial charge in [0, 0.05) is 32.2 Å². The maximum absolute atomic E-state index is 6.16. The predicted molar refractivity (Wildman–Crippen MR) is 113 cm³/mol. The van der Waals surface area contributed by atoms with Crippen molar-refractivity contribution in [2.75, 3.05) is 33.4 Å². The molecule has 0 spiro atoms. The maximum atomic E-state index is 6.16. The standard InChI is InChI=1S/C22H31N5O2/c1-16(2)27-19-9-6-4-5-8-18(19)20(25-27)22-24-23-21(29-22)17-10-13-26(14-11-17)12-7-15-28-3/h4-6,8-9,16-18H,7,10-15H2,1-3H3. The summed E-state index contributed by atoms with van der Waals surface area (Å²) in [6.45, 7) is 8.33. The molecule has 0 aromatic carbocycles. The first-order chi connectivity index (χ1) is 14.2. The topological polar surface area (TPSA) is 67.0 Å². The Kier molecular flexibility index (Phi) is 6.25. The number of fused-ring (bicyclic) bond motifs is 1. The van der Waals surface area contributed by atoms with Gasteiger partial charge in [0.15, 0.2) is 0 Å². The maximum Gasteiger partial charge on any atom is 0.264 e. The van der Waals surface area contributed by atoms with Crippen molar-refractivity contribution in [2.24, 2.45) is 11.0 Å². The number of hydrazone groups is 1. The predicted octanol–water partition coefficient (Wildman–Crippen LogP) is 3.34. The van der Waals surface area contributed by atoms with Gasteiger partial charge in [-0.05, 0) is 52.3 Å². The molecular formula is C22H31N5O2. The molecule has 0 amide bonds. The number of likely N-dealkylation sites (tertiary alicyclic amines) is 1. The van der Waals surface area contributed by atoms with Crippen LogP contribution in [0.5, 0.6) is 0 Å². The molecule has 4 rings (SSSR count). The van der Waals surface area contributed by atoms with Crippen molar-refractivity contribution < 1.29 is 9.15 Å². The number of ether oxygens (including phenoxy) is 1. The smallest absolute Gasteiger partial charge is 0.264 e. The molecule has 1 aromatic heterocycles. The molecule has 0 N–H and O–H groups in total. The number of methoxy groups -OCH3 is 1. The summed E-state index contributed by atoms with van der Waals surface area (Å²) in [6.07, 6.45) is 13.6. The van der Waals surface area contributed by atoms with Gasteiger partial charge in [0.2, 0.25) is 5.89 Å². The molecule has 1 aliphatic carbocycles. The van der Waals surface area contributed by atoms with Crippen molar-refractivity contribution in [1.82, 2.24) is 20.1 Å². The monoisotopic (exact) mass is 397 g/mol. The van der Waals surface area contributed by atoms with E-state index >= 15 is 0 Å². The summed E-state index contributed by atoms with van der Waals surface area (Å²) in [5.41, 5.74) is 2.00. The lowest BCUT2D eigenvalue weighted by Gasteiger charge is -2.30. The molecule has 1 aromatic rings. The molecule has 7 nitrogen and oxygen atoms in total. The SMILES string of the molecule is COCCCN1CCC(c2nnc(C3=NN(C(C)C)C4=CC=CC=CC43)o2)CC1. The molecule has 0 bridgehead atoms. The third-order valence-corrected chi connectivity index (χ3v) is 5.79. The van der Waals surface area contributed by atoms with Crippen molar-refractivity contribution in [3.8, 4) is 0 Å². The van der Waals surface area contributed by atoms with Crippen molar-refractivity contribution in [1.29, 1.82) is 0 Å². The van der Waals surface area contributed by atoms with Crippen LogP contribution in [0.4, 0.5) is 0 Å². The van der Waals surface area contributed by atoms with E-state index in [-0.39, 0.29) is 12.0 Å². The van der Waals surface area contributed by atoms with Crippen LogP contribution in [0, 0.1) is 5.92 Å². The van der Waals surface area contributed by atoms with E-state index in [0.717, 1.165) is 62.8 Å². The summed E-state index contributed by atoms with van der Waals surface area (Å²) in [5, 5.41) is 15.7. The first kappa shape index (κ1) is 20.0. The number of nitrogens with zero attached hydrogens (tertiary/aromatic N) is 5. The van der Waals surface area contributed by atoms with Gasteiger partial charge >= 0.3 is 0 Å². The molecule has 0 radical (unpaired) electrons. The molecule has 0 saturated carbocycles. The Hall–Kier alpha value is -2.25. The number of aromatic nitrogens is 2. The summed E-state index contributed by atoms with van der Waals surface area (Å²) in [4.78, 5) is 2.49. The fourth-order valence-corrected chi connectivity index (χ4v) is 4.21. The molecule has 3 heterocycles.